The number of hydrogen-bond donors (Lipinski definition) is 1. The smallest absolute Gasteiger partial charge is 0.169 e. The molecule has 2 aromatic rings. The third-order valence-corrected chi connectivity index (χ3v) is 5.91. The Bertz CT molecular complexity index is 663. The quantitative estimate of drug-likeness (QED) is 0.795. The molecule has 2 aliphatic carbocycles. The van der Waals surface area contributed by atoms with Crippen LogP contribution in [-0.4, -0.2) is 11.5 Å². The van der Waals surface area contributed by atoms with Crippen LogP contribution in [0.3, 0.4) is 0 Å². The summed E-state index contributed by atoms with van der Waals surface area (Å²) in [6.45, 7) is 1.96. The van der Waals surface area contributed by atoms with E-state index in [9.17, 15) is 0 Å². The van der Waals surface area contributed by atoms with Gasteiger partial charge in [-0.15, -0.1) is 11.3 Å². The van der Waals surface area contributed by atoms with E-state index in [1.165, 1.54) is 12.8 Å². The maximum absolute atomic E-state index is 5.56. The van der Waals surface area contributed by atoms with Gasteiger partial charge in [0, 0.05) is 12.7 Å². The summed E-state index contributed by atoms with van der Waals surface area (Å²) in [6, 6.07) is 3.88. The van der Waals surface area contributed by atoms with Crippen molar-refractivity contribution in [1.82, 2.24) is 10.3 Å². The van der Waals surface area contributed by atoms with Crippen molar-refractivity contribution < 1.29 is 4.42 Å². The van der Waals surface area contributed by atoms with Crippen LogP contribution in [-0.2, 0) is 6.54 Å². The second-order valence-electron chi connectivity index (χ2n) is 5.89. The van der Waals surface area contributed by atoms with Crippen LogP contribution in [0.5, 0.6) is 0 Å². The lowest BCUT2D eigenvalue weighted by Gasteiger charge is -2.17. The van der Waals surface area contributed by atoms with E-state index >= 15 is 0 Å². The van der Waals surface area contributed by atoms with E-state index in [0.29, 0.717) is 0 Å². The van der Waals surface area contributed by atoms with Gasteiger partial charge >= 0.3 is 0 Å². The second kappa shape index (κ2) is 5.71. The molecular formula is C16H17BrN2OS. The predicted molar refractivity (Wildman–Crippen MR) is 88.1 cm³/mol. The van der Waals surface area contributed by atoms with Crippen molar-refractivity contribution in [2.24, 2.45) is 17.8 Å². The normalized spacial score (nSPS) is 26.8. The highest BCUT2D eigenvalue weighted by atomic mass is 79.9. The van der Waals surface area contributed by atoms with Crippen LogP contribution in [0.25, 0.3) is 10.6 Å². The number of nitrogens with zero attached hydrogens (tertiary/aromatic N) is 1. The monoisotopic (exact) mass is 364 g/mol. The molecule has 2 heterocycles. The SMILES string of the molecule is Brc1ccc(-c2cnc(CNCC3CC4C=CC3C4)s2)o1. The summed E-state index contributed by atoms with van der Waals surface area (Å²) in [4.78, 5) is 5.56. The van der Waals surface area contributed by atoms with Crippen molar-refractivity contribution in [3.05, 3.63) is 40.2 Å². The average molecular weight is 365 g/mol. The first-order valence-electron chi connectivity index (χ1n) is 7.37. The number of aromatic nitrogens is 1. The first-order chi connectivity index (χ1) is 10.3. The van der Waals surface area contributed by atoms with E-state index in [0.717, 1.165) is 51.2 Å². The van der Waals surface area contributed by atoms with E-state index in [2.05, 4.69) is 38.4 Å². The topological polar surface area (TPSA) is 38.1 Å². The summed E-state index contributed by atoms with van der Waals surface area (Å²) < 4.78 is 6.32. The minimum Gasteiger partial charge on any atom is -0.448 e. The van der Waals surface area contributed by atoms with Crippen LogP contribution in [0.2, 0.25) is 0 Å². The molecule has 0 saturated heterocycles. The first-order valence-corrected chi connectivity index (χ1v) is 8.98. The van der Waals surface area contributed by atoms with Crippen LogP contribution >= 0.6 is 27.3 Å². The van der Waals surface area contributed by atoms with Gasteiger partial charge in [-0.25, -0.2) is 4.98 Å². The molecule has 21 heavy (non-hydrogen) atoms. The van der Waals surface area contributed by atoms with Crippen molar-refractivity contribution in [2.45, 2.75) is 19.4 Å². The summed E-state index contributed by atoms with van der Waals surface area (Å²) >= 11 is 5.03. The Balaban J connectivity index is 1.31. The highest BCUT2D eigenvalue weighted by molar-refractivity contribution is 9.10. The third kappa shape index (κ3) is 2.87. The molecule has 0 spiro atoms. The minimum atomic E-state index is 0.759. The molecular weight excluding hydrogens is 348 g/mol. The van der Waals surface area contributed by atoms with Crippen molar-refractivity contribution >= 4 is 27.3 Å². The lowest BCUT2D eigenvalue weighted by atomic mass is 9.94. The third-order valence-electron chi connectivity index (χ3n) is 4.47. The summed E-state index contributed by atoms with van der Waals surface area (Å²) in [5.74, 6) is 3.37. The van der Waals surface area contributed by atoms with Crippen molar-refractivity contribution in [1.29, 1.82) is 0 Å². The van der Waals surface area contributed by atoms with Crippen molar-refractivity contribution in [3.8, 4) is 10.6 Å². The fraction of sp³-hybridized carbons (Fsp3) is 0.438. The molecule has 0 aromatic carbocycles. The van der Waals surface area contributed by atoms with Crippen molar-refractivity contribution in [3.63, 3.8) is 0 Å². The number of rotatable bonds is 5. The lowest BCUT2D eigenvalue weighted by molar-refractivity contribution is 0.414. The maximum atomic E-state index is 5.56. The highest BCUT2D eigenvalue weighted by Crippen LogP contribution is 2.43. The molecule has 3 unspecified atom stereocenters. The molecule has 1 saturated carbocycles. The van der Waals surface area contributed by atoms with Gasteiger partial charge in [-0.05, 0) is 65.2 Å². The molecule has 110 valence electrons. The fourth-order valence-electron chi connectivity index (χ4n) is 3.45. The fourth-order valence-corrected chi connectivity index (χ4v) is 4.60. The Morgan fingerprint density at radius 2 is 2.29 bits per heavy atom. The molecule has 3 atom stereocenters. The zero-order chi connectivity index (χ0) is 14.2. The van der Waals surface area contributed by atoms with Gasteiger partial charge in [0.2, 0.25) is 0 Å². The Kier molecular flexibility index (Phi) is 3.73. The number of furan rings is 1. The number of thiazole rings is 1. The number of hydrogen-bond acceptors (Lipinski definition) is 4. The number of nitrogens with one attached hydrogen (secondary N) is 1. The molecule has 0 aliphatic heterocycles. The lowest BCUT2D eigenvalue weighted by Crippen LogP contribution is -2.24. The largest absolute Gasteiger partial charge is 0.448 e. The van der Waals surface area contributed by atoms with Crippen molar-refractivity contribution in [2.75, 3.05) is 6.54 Å². The Hall–Kier alpha value is -0.910. The van der Waals surface area contributed by atoms with Gasteiger partial charge < -0.3 is 9.73 Å². The standard InChI is InChI=1S/C16H17BrN2OS/c17-15-4-3-13(20-15)14-8-19-16(21-14)9-18-7-12-6-10-1-2-11(12)5-10/h1-4,8,10-12,18H,5-7,9H2. The Morgan fingerprint density at radius 3 is 3.00 bits per heavy atom. The molecule has 2 aromatic heterocycles. The molecule has 0 radical (unpaired) electrons. The van der Waals surface area contributed by atoms with Gasteiger partial charge in [-0.1, -0.05) is 12.2 Å². The molecule has 4 rings (SSSR count). The van der Waals surface area contributed by atoms with Gasteiger partial charge in [-0.3, -0.25) is 0 Å². The molecule has 3 nitrogen and oxygen atoms in total. The second-order valence-corrected chi connectivity index (χ2v) is 7.79. The van der Waals surface area contributed by atoms with Gasteiger partial charge in [0.25, 0.3) is 0 Å². The predicted octanol–water partition coefficient (Wildman–Crippen LogP) is 4.47. The number of halogens is 1. The molecule has 1 fully saturated rings. The zero-order valence-corrected chi connectivity index (χ0v) is 14.0. The van der Waals surface area contributed by atoms with Gasteiger partial charge in [-0.2, -0.15) is 0 Å². The van der Waals surface area contributed by atoms with Crippen LogP contribution in [0.4, 0.5) is 0 Å². The van der Waals surface area contributed by atoms with Crippen LogP contribution in [0.15, 0.2) is 39.6 Å². The van der Waals surface area contributed by atoms with E-state index in [1.807, 2.05) is 18.3 Å². The molecule has 0 amide bonds. The Labute approximate surface area is 136 Å². The molecule has 5 heteroatoms. The van der Waals surface area contributed by atoms with E-state index in [-0.39, 0.29) is 0 Å². The van der Waals surface area contributed by atoms with Crippen LogP contribution < -0.4 is 5.32 Å². The summed E-state index contributed by atoms with van der Waals surface area (Å²) in [5, 5.41) is 4.69. The van der Waals surface area contributed by atoms with Gasteiger partial charge in [0.15, 0.2) is 4.67 Å². The molecule has 1 N–H and O–H groups in total. The number of allylic oxidation sites excluding steroid dienone is 2. The molecule has 2 bridgehead atoms. The summed E-state index contributed by atoms with van der Waals surface area (Å²) in [6.07, 6.45) is 9.44. The number of fused-ring (bicyclic) bond motifs is 2. The van der Waals surface area contributed by atoms with E-state index in [4.69, 9.17) is 4.42 Å². The molecule has 2 aliphatic rings. The minimum absolute atomic E-state index is 0.759. The zero-order valence-electron chi connectivity index (χ0n) is 11.6. The average Bonchev–Trinajstić information content (AvgIpc) is 3.21. The van der Waals surface area contributed by atoms with E-state index < -0.39 is 0 Å². The first kappa shape index (κ1) is 13.7. The summed E-state index contributed by atoms with van der Waals surface area (Å²) in [7, 11) is 0. The summed E-state index contributed by atoms with van der Waals surface area (Å²) in [5.41, 5.74) is 0. The Morgan fingerprint density at radius 1 is 1.33 bits per heavy atom. The highest BCUT2D eigenvalue weighted by Gasteiger charge is 2.34. The van der Waals surface area contributed by atoms with Gasteiger partial charge in [0.05, 0.1) is 4.88 Å². The van der Waals surface area contributed by atoms with Crippen LogP contribution in [0.1, 0.15) is 17.8 Å². The van der Waals surface area contributed by atoms with Crippen LogP contribution in [0, 0.1) is 17.8 Å². The maximum Gasteiger partial charge on any atom is 0.169 e. The van der Waals surface area contributed by atoms with Gasteiger partial charge in [0.1, 0.15) is 10.8 Å². The van der Waals surface area contributed by atoms with E-state index in [1.54, 1.807) is 11.3 Å².